The van der Waals surface area contributed by atoms with Crippen LogP contribution in [0.4, 0.5) is 0 Å². The Morgan fingerprint density at radius 1 is 0.923 bits per heavy atom. The van der Waals surface area contributed by atoms with E-state index in [0.717, 1.165) is 6.42 Å². The Kier molecular flexibility index (Phi) is 9.94. The van der Waals surface area contributed by atoms with Gasteiger partial charge in [-0.2, -0.15) is 0 Å². The third kappa shape index (κ3) is 9.84. The van der Waals surface area contributed by atoms with Gasteiger partial charge >= 0.3 is 0 Å². The Bertz CT molecular complexity index is 94.1. The smallest absolute Gasteiger partial charge is 0.0163 e. The van der Waals surface area contributed by atoms with Crippen LogP contribution in [0.3, 0.4) is 0 Å². The molecule has 0 aliphatic rings. The van der Waals surface area contributed by atoms with Gasteiger partial charge in [-0.15, -0.1) is 0 Å². The van der Waals surface area contributed by atoms with Crippen molar-refractivity contribution in [2.45, 2.75) is 64.3 Å². The normalized spacial score (nSPS) is 13.2. The van der Waals surface area contributed by atoms with Crippen LogP contribution in [0.2, 0.25) is 0 Å². The minimum absolute atomic E-state index is 0.232. The lowest BCUT2D eigenvalue weighted by Crippen LogP contribution is -2.29. The first-order valence-electron chi connectivity index (χ1n) is 5.77. The van der Waals surface area contributed by atoms with Gasteiger partial charge in [0, 0.05) is 12.6 Å². The summed E-state index contributed by atoms with van der Waals surface area (Å²) >= 11 is 0. The molecule has 0 saturated carbocycles. The van der Waals surface area contributed by atoms with Crippen LogP contribution in [-0.2, 0) is 0 Å². The van der Waals surface area contributed by atoms with Gasteiger partial charge in [-0.05, 0) is 6.42 Å². The Balaban J connectivity index is 2.91. The van der Waals surface area contributed by atoms with Crippen molar-refractivity contribution < 1.29 is 0 Å². The number of rotatable bonds is 9. The highest BCUT2D eigenvalue weighted by Crippen LogP contribution is 2.08. The Morgan fingerprint density at radius 2 is 1.46 bits per heavy atom. The van der Waals surface area contributed by atoms with Gasteiger partial charge in [-0.25, -0.2) is 0 Å². The molecular weight excluding hydrogens is 160 g/mol. The molecule has 1 unspecified atom stereocenters. The molecule has 1 atom stereocenters. The maximum absolute atomic E-state index is 5.71. The van der Waals surface area contributed by atoms with E-state index in [1.54, 1.807) is 0 Å². The van der Waals surface area contributed by atoms with E-state index in [9.17, 15) is 0 Å². The van der Waals surface area contributed by atoms with Crippen LogP contribution in [0, 0.1) is 0 Å². The van der Waals surface area contributed by atoms with Crippen molar-refractivity contribution in [2.75, 3.05) is 6.54 Å². The number of nitrogens with two attached hydrogens (primary N) is 2. The van der Waals surface area contributed by atoms with Crippen LogP contribution < -0.4 is 11.5 Å². The fourth-order valence-corrected chi connectivity index (χ4v) is 1.48. The molecule has 0 radical (unpaired) electrons. The van der Waals surface area contributed by atoms with Gasteiger partial charge in [0.05, 0.1) is 0 Å². The van der Waals surface area contributed by atoms with Crippen molar-refractivity contribution >= 4 is 0 Å². The highest BCUT2D eigenvalue weighted by atomic mass is 14.7. The first-order valence-corrected chi connectivity index (χ1v) is 5.77. The molecule has 80 valence electrons. The van der Waals surface area contributed by atoms with Crippen molar-refractivity contribution in [3.8, 4) is 0 Å². The fraction of sp³-hybridized carbons (Fsp3) is 1.00. The Labute approximate surface area is 83.1 Å². The van der Waals surface area contributed by atoms with Crippen LogP contribution in [0.1, 0.15) is 58.3 Å². The minimum atomic E-state index is 0.232. The van der Waals surface area contributed by atoms with Gasteiger partial charge in [0.15, 0.2) is 0 Å². The molecule has 0 fully saturated rings. The molecule has 0 saturated heterocycles. The van der Waals surface area contributed by atoms with Gasteiger partial charge in [0.1, 0.15) is 0 Å². The molecule has 4 N–H and O–H groups in total. The van der Waals surface area contributed by atoms with E-state index in [1.165, 1.54) is 44.9 Å². The summed E-state index contributed by atoms with van der Waals surface area (Å²) in [5.74, 6) is 0. The average molecular weight is 186 g/mol. The van der Waals surface area contributed by atoms with Crippen LogP contribution >= 0.6 is 0 Å². The van der Waals surface area contributed by atoms with Crippen LogP contribution in [0.25, 0.3) is 0 Å². The first kappa shape index (κ1) is 12.9. The second-order valence-corrected chi connectivity index (χ2v) is 3.91. The quantitative estimate of drug-likeness (QED) is 0.543. The molecule has 13 heavy (non-hydrogen) atoms. The number of hydrogen-bond donors (Lipinski definition) is 2. The van der Waals surface area contributed by atoms with Crippen LogP contribution in [-0.4, -0.2) is 12.6 Å². The zero-order valence-corrected chi connectivity index (χ0v) is 9.10. The molecule has 0 aromatic carbocycles. The first-order chi connectivity index (χ1) is 6.31. The van der Waals surface area contributed by atoms with Crippen molar-refractivity contribution in [1.29, 1.82) is 0 Å². The minimum Gasteiger partial charge on any atom is -0.329 e. The molecule has 0 amide bonds. The number of hydrogen-bond acceptors (Lipinski definition) is 2. The van der Waals surface area contributed by atoms with E-state index < -0.39 is 0 Å². The van der Waals surface area contributed by atoms with Gasteiger partial charge in [-0.3, -0.25) is 0 Å². The van der Waals surface area contributed by atoms with Crippen molar-refractivity contribution in [3.05, 3.63) is 0 Å². The third-order valence-electron chi connectivity index (χ3n) is 2.48. The van der Waals surface area contributed by atoms with Gasteiger partial charge in [-0.1, -0.05) is 51.9 Å². The van der Waals surface area contributed by atoms with E-state index in [4.69, 9.17) is 11.5 Å². The molecule has 0 spiro atoms. The molecule has 0 aromatic heterocycles. The summed E-state index contributed by atoms with van der Waals surface area (Å²) in [6.45, 7) is 2.89. The topological polar surface area (TPSA) is 52.0 Å². The number of unbranched alkanes of at least 4 members (excludes halogenated alkanes) is 6. The molecule has 0 aliphatic carbocycles. The molecular formula is C11H26N2. The molecule has 0 heterocycles. The van der Waals surface area contributed by atoms with E-state index >= 15 is 0 Å². The van der Waals surface area contributed by atoms with Gasteiger partial charge < -0.3 is 11.5 Å². The van der Waals surface area contributed by atoms with Gasteiger partial charge in [0.2, 0.25) is 0 Å². The van der Waals surface area contributed by atoms with Gasteiger partial charge in [0.25, 0.3) is 0 Å². The van der Waals surface area contributed by atoms with E-state index in [2.05, 4.69) is 6.92 Å². The fourth-order valence-electron chi connectivity index (χ4n) is 1.48. The zero-order valence-electron chi connectivity index (χ0n) is 9.10. The summed E-state index contributed by atoms with van der Waals surface area (Å²) < 4.78 is 0. The van der Waals surface area contributed by atoms with E-state index in [0.29, 0.717) is 6.54 Å². The average Bonchev–Trinajstić information content (AvgIpc) is 2.16. The standard InChI is InChI=1S/C11H26N2/c1-2-3-4-5-6-7-8-9-11(13)10-12/h11H,2-10,12-13H2,1H3. The van der Waals surface area contributed by atoms with Crippen LogP contribution in [0.15, 0.2) is 0 Å². The van der Waals surface area contributed by atoms with E-state index in [-0.39, 0.29) is 6.04 Å². The zero-order chi connectivity index (χ0) is 9.94. The van der Waals surface area contributed by atoms with E-state index in [1.807, 2.05) is 0 Å². The molecule has 0 rings (SSSR count). The van der Waals surface area contributed by atoms with Crippen molar-refractivity contribution in [2.24, 2.45) is 11.5 Å². The summed E-state index contributed by atoms with van der Waals surface area (Å²) in [7, 11) is 0. The largest absolute Gasteiger partial charge is 0.329 e. The predicted molar refractivity (Wildman–Crippen MR) is 59.6 cm³/mol. The second kappa shape index (κ2) is 10.0. The SMILES string of the molecule is CCCCCCCCCC(N)CN. The second-order valence-electron chi connectivity index (χ2n) is 3.91. The molecule has 0 aliphatic heterocycles. The Hall–Kier alpha value is -0.0800. The molecule has 0 aromatic rings. The Morgan fingerprint density at radius 3 is 2.00 bits per heavy atom. The van der Waals surface area contributed by atoms with Crippen LogP contribution in [0.5, 0.6) is 0 Å². The highest BCUT2D eigenvalue weighted by Gasteiger charge is 1.97. The lowest BCUT2D eigenvalue weighted by molar-refractivity contribution is 0.534. The monoisotopic (exact) mass is 186 g/mol. The maximum atomic E-state index is 5.71. The third-order valence-corrected chi connectivity index (χ3v) is 2.48. The summed E-state index contributed by atoms with van der Waals surface area (Å²) in [6.07, 6.45) is 10.6. The highest BCUT2D eigenvalue weighted by molar-refractivity contribution is 4.60. The summed E-state index contributed by atoms with van der Waals surface area (Å²) in [5, 5.41) is 0. The summed E-state index contributed by atoms with van der Waals surface area (Å²) in [6, 6.07) is 0.232. The predicted octanol–water partition coefficient (Wildman–Crippen LogP) is 2.41. The summed E-state index contributed by atoms with van der Waals surface area (Å²) in [5.41, 5.74) is 11.1. The maximum Gasteiger partial charge on any atom is 0.0163 e. The summed E-state index contributed by atoms with van der Waals surface area (Å²) in [4.78, 5) is 0. The molecule has 2 heteroatoms. The lowest BCUT2D eigenvalue weighted by Gasteiger charge is -2.07. The molecule has 2 nitrogen and oxygen atoms in total. The lowest BCUT2D eigenvalue weighted by atomic mass is 10.1. The molecule has 0 bridgehead atoms. The van der Waals surface area contributed by atoms with Crippen molar-refractivity contribution in [1.82, 2.24) is 0 Å². The van der Waals surface area contributed by atoms with Crippen molar-refractivity contribution in [3.63, 3.8) is 0 Å².